The lowest BCUT2D eigenvalue weighted by atomic mass is 10.1. The molecule has 1 N–H and O–H groups in total. The molecule has 0 amide bonds. The molecule has 0 fully saturated rings. The molecule has 23 heavy (non-hydrogen) atoms. The van der Waals surface area contributed by atoms with Gasteiger partial charge in [0.2, 0.25) is 0 Å². The lowest BCUT2D eigenvalue weighted by Gasteiger charge is -2.15. The average Bonchev–Trinajstić information content (AvgIpc) is 2.60. The van der Waals surface area contributed by atoms with Crippen molar-refractivity contribution in [1.82, 2.24) is 15.0 Å². The Bertz CT molecular complexity index is 698. The maximum Gasteiger partial charge on any atom is 0.161 e. The highest BCUT2D eigenvalue weighted by Crippen LogP contribution is 2.21. The first kappa shape index (κ1) is 15.6. The van der Waals surface area contributed by atoms with Crippen molar-refractivity contribution < 1.29 is 4.74 Å². The van der Waals surface area contributed by atoms with Crippen LogP contribution in [-0.4, -0.2) is 34.7 Å². The van der Waals surface area contributed by atoms with Crippen molar-refractivity contribution in [3.8, 4) is 11.4 Å². The van der Waals surface area contributed by atoms with E-state index in [0.717, 1.165) is 61.1 Å². The Balaban J connectivity index is 1.73. The van der Waals surface area contributed by atoms with Crippen LogP contribution < -0.4 is 5.32 Å². The van der Waals surface area contributed by atoms with E-state index >= 15 is 0 Å². The second-order valence-corrected chi connectivity index (χ2v) is 5.71. The molecule has 120 valence electrons. The van der Waals surface area contributed by atoms with Crippen LogP contribution in [0.1, 0.15) is 24.1 Å². The molecule has 5 heteroatoms. The molecule has 0 aromatic carbocycles. The maximum absolute atomic E-state index is 5.34. The van der Waals surface area contributed by atoms with E-state index in [1.807, 2.05) is 19.1 Å². The summed E-state index contributed by atoms with van der Waals surface area (Å²) in [5.41, 5.74) is 4.54. The summed E-state index contributed by atoms with van der Waals surface area (Å²) in [5.74, 6) is 1.65. The molecule has 2 aromatic heterocycles. The van der Waals surface area contributed by atoms with Crippen LogP contribution >= 0.6 is 0 Å². The smallest absolute Gasteiger partial charge is 0.161 e. The summed E-state index contributed by atoms with van der Waals surface area (Å²) in [4.78, 5) is 13.3. The number of rotatable bonds is 5. The number of hydrogen-bond acceptors (Lipinski definition) is 5. The first-order chi connectivity index (χ1) is 11.2. The third kappa shape index (κ3) is 3.93. The van der Waals surface area contributed by atoms with E-state index in [2.05, 4.69) is 28.3 Å². The summed E-state index contributed by atoms with van der Waals surface area (Å²) in [7, 11) is 0. The third-order valence-corrected chi connectivity index (χ3v) is 4.12. The van der Waals surface area contributed by atoms with E-state index in [1.165, 1.54) is 5.57 Å². The van der Waals surface area contributed by atoms with Gasteiger partial charge in [0.25, 0.3) is 0 Å². The maximum atomic E-state index is 5.34. The van der Waals surface area contributed by atoms with E-state index in [0.29, 0.717) is 0 Å². The van der Waals surface area contributed by atoms with Crippen LogP contribution in [0.4, 0.5) is 5.82 Å². The Hall–Kier alpha value is -2.27. The van der Waals surface area contributed by atoms with E-state index in [-0.39, 0.29) is 0 Å². The number of nitrogens with zero attached hydrogens (tertiary/aromatic N) is 3. The fraction of sp³-hybridized carbons (Fsp3) is 0.389. The van der Waals surface area contributed by atoms with E-state index in [9.17, 15) is 0 Å². The fourth-order valence-corrected chi connectivity index (χ4v) is 2.56. The van der Waals surface area contributed by atoms with Crippen LogP contribution in [0, 0.1) is 13.8 Å². The molecule has 2 aromatic rings. The predicted octanol–water partition coefficient (Wildman–Crippen LogP) is 3.30. The molecule has 0 saturated heterocycles. The Morgan fingerprint density at radius 3 is 2.74 bits per heavy atom. The van der Waals surface area contributed by atoms with Gasteiger partial charge in [0, 0.05) is 35.8 Å². The number of anilines is 1. The molecule has 5 nitrogen and oxygen atoms in total. The van der Waals surface area contributed by atoms with Gasteiger partial charge in [-0.1, -0.05) is 11.6 Å². The SMILES string of the molecule is Cc1nc(-c2ccncc2)nc(NCCC2=CCOCC2)c1C. The first-order valence-corrected chi connectivity index (χ1v) is 7.99. The molecule has 0 spiro atoms. The molecule has 0 bridgehead atoms. The normalized spacial score (nSPS) is 14.4. The zero-order chi connectivity index (χ0) is 16.1. The zero-order valence-electron chi connectivity index (χ0n) is 13.7. The molecule has 0 aliphatic carbocycles. The molecular formula is C18H22N4O. The molecule has 0 saturated carbocycles. The van der Waals surface area contributed by atoms with Crippen LogP contribution in [0.3, 0.4) is 0 Å². The molecular weight excluding hydrogens is 288 g/mol. The number of pyridine rings is 1. The summed E-state index contributed by atoms with van der Waals surface area (Å²) >= 11 is 0. The predicted molar refractivity (Wildman–Crippen MR) is 91.4 cm³/mol. The van der Waals surface area contributed by atoms with Gasteiger partial charge in [-0.05, 0) is 38.8 Å². The minimum Gasteiger partial charge on any atom is -0.377 e. The lowest BCUT2D eigenvalue weighted by Crippen LogP contribution is -2.11. The summed E-state index contributed by atoms with van der Waals surface area (Å²) in [6.45, 7) is 6.53. The van der Waals surface area contributed by atoms with Crippen LogP contribution in [0.25, 0.3) is 11.4 Å². The second-order valence-electron chi connectivity index (χ2n) is 5.71. The second kappa shape index (κ2) is 7.33. The highest BCUT2D eigenvalue weighted by Gasteiger charge is 2.10. The summed E-state index contributed by atoms with van der Waals surface area (Å²) < 4.78 is 5.34. The largest absolute Gasteiger partial charge is 0.377 e. The number of aromatic nitrogens is 3. The topological polar surface area (TPSA) is 59.9 Å². The summed E-state index contributed by atoms with van der Waals surface area (Å²) in [6, 6.07) is 3.86. The minimum atomic E-state index is 0.739. The highest BCUT2D eigenvalue weighted by molar-refractivity contribution is 5.59. The molecule has 1 aliphatic rings. The van der Waals surface area contributed by atoms with E-state index in [4.69, 9.17) is 9.72 Å². The lowest BCUT2D eigenvalue weighted by molar-refractivity contribution is 0.153. The standard InChI is InChI=1S/C18H22N4O/c1-13-14(2)21-18(16-4-8-19-9-5-16)22-17(13)20-10-3-15-6-11-23-12-7-15/h4-6,8-9H,3,7,10-12H2,1-2H3,(H,20,21,22). The number of aryl methyl sites for hydroxylation is 1. The van der Waals surface area contributed by atoms with Gasteiger partial charge >= 0.3 is 0 Å². The van der Waals surface area contributed by atoms with Gasteiger partial charge < -0.3 is 10.1 Å². The van der Waals surface area contributed by atoms with Gasteiger partial charge in [-0.2, -0.15) is 0 Å². The van der Waals surface area contributed by atoms with Crippen molar-refractivity contribution in [2.45, 2.75) is 26.7 Å². The minimum absolute atomic E-state index is 0.739. The van der Waals surface area contributed by atoms with E-state index in [1.54, 1.807) is 12.4 Å². The van der Waals surface area contributed by atoms with Gasteiger partial charge in [0.15, 0.2) is 5.82 Å². The van der Waals surface area contributed by atoms with Gasteiger partial charge in [-0.3, -0.25) is 4.98 Å². The molecule has 0 atom stereocenters. The van der Waals surface area contributed by atoms with Crippen molar-refractivity contribution in [3.05, 3.63) is 47.4 Å². The van der Waals surface area contributed by atoms with Crippen LogP contribution in [0.15, 0.2) is 36.2 Å². The Kier molecular flexibility index (Phi) is 4.98. The van der Waals surface area contributed by atoms with Gasteiger partial charge in [-0.15, -0.1) is 0 Å². The fourth-order valence-electron chi connectivity index (χ4n) is 2.56. The summed E-state index contributed by atoms with van der Waals surface area (Å²) in [6.07, 6.45) is 7.77. The van der Waals surface area contributed by atoms with Crippen LogP contribution in [-0.2, 0) is 4.74 Å². The van der Waals surface area contributed by atoms with Crippen molar-refractivity contribution in [2.24, 2.45) is 0 Å². The van der Waals surface area contributed by atoms with E-state index < -0.39 is 0 Å². The van der Waals surface area contributed by atoms with Gasteiger partial charge in [0.05, 0.1) is 13.2 Å². The third-order valence-electron chi connectivity index (χ3n) is 4.12. The molecule has 1 aliphatic heterocycles. The van der Waals surface area contributed by atoms with Crippen molar-refractivity contribution in [3.63, 3.8) is 0 Å². The quantitative estimate of drug-likeness (QED) is 0.859. The number of hydrogen-bond donors (Lipinski definition) is 1. The average molecular weight is 310 g/mol. The zero-order valence-corrected chi connectivity index (χ0v) is 13.7. The van der Waals surface area contributed by atoms with Crippen molar-refractivity contribution in [2.75, 3.05) is 25.1 Å². The van der Waals surface area contributed by atoms with Crippen molar-refractivity contribution >= 4 is 5.82 Å². The Morgan fingerprint density at radius 1 is 1.17 bits per heavy atom. The molecule has 0 radical (unpaired) electrons. The first-order valence-electron chi connectivity index (χ1n) is 7.99. The van der Waals surface area contributed by atoms with Gasteiger partial charge in [-0.25, -0.2) is 9.97 Å². The van der Waals surface area contributed by atoms with Gasteiger partial charge in [0.1, 0.15) is 5.82 Å². The monoisotopic (exact) mass is 310 g/mol. The molecule has 3 rings (SSSR count). The van der Waals surface area contributed by atoms with Crippen LogP contribution in [0.2, 0.25) is 0 Å². The number of nitrogens with one attached hydrogen (secondary N) is 1. The van der Waals surface area contributed by atoms with Crippen molar-refractivity contribution in [1.29, 1.82) is 0 Å². The Morgan fingerprint density at radius 2 is 2.00 bits per heavy atom. The molecule has 3 heterocycles. The Labute approximate surface area is 136 Å². The van der Waals surface area contributed by atoms with Crippen LogP contribution in [0.5, 0.6) is 0 Å². The summed E-state index contributed by atoms with van der Waals surface area (Å²) in [5, 5.41) is 3.46. The molecule has 0 unspecified atom stereocenters. The number of ether oxygens (including phenoxy) is 1. The highest BCUT2D eigenvalue weighted by atomic mass is 16.5.